The minimum absolute atomic E-state index is 0.135. The van der Waals surface area contributed by atoms with E-state index in [1.54, 1.807) is 6.07 Å². The van der Waals surface area contributed by atoms with E-state index in [9.17, 15) is 13.9 Å². The van der Waals surface area contributed by atoms with Crippen LogP contribution in [0.4, 0.5) is 20.2 Å². The monoisotopic (exact) mass is 258 g/mol. The zero-order chi connectivity index (χ0) is 13.8. The number of nitrogens with one attached hydrogen (secondary N) is 1. The van der Waals surface area contributed by atoms with Crippen LogP contribution in [0.1, 0.15) is 38.7 Å². The minimum atomic E-state index is -2.59. The Bertz CT molecular complexity index is 393. The molecule has 4 N–H and O–H groups in total. The van der Waals surface area contributed by atoms with E-state index in [1.165, 1.54) is 12.1 Å². The molecule has 0 aliphatic carbocycles. The Balaban J connectivity index is 2.85. The second kappa shape index (κ2) is 6.00. The van der Waals surface area contributed by atoms with E-state index >= 15 is 0 Å². The molecule has 1 aromatic carbocycles. The van der Waals surface area contributed by atoms with Gasteiger partial charge in [0.05, 0.1) is 5.60 Å². The van der Waals surface area contributed by atoms with E-state index in [2.05, 4.69) is 5.32 Å². The second-order valence-electron chi connectivity index (χ2n) is 4.43. The summed E-state index contributed by atoms with van der Waals surface area (Å²) >= 11 is 0. The van der Waals surface area contributed by atoms with E-state index in [-0.39, 0.29) is 12.1 Å². The number of halogens is 2. The Labute approximate surface area is 106 Å². The maximum absolute atomic E-state index is 12.8. The quantitative estimate of drug-likeness (QED) is 0.687. The molecule has 0 heterocycles. The van der Waals surface area contributed by atoms with Crippen LogP contribution in [0.5, 0.6) is 0 Å². The van der Waals surface area contributed by atoms with Crippen LogP contribution < -0.4 is 11.1 Å². The van der Waals surface area contributed by atoms with E-state index in [1.807, 2.05) is 13.8 Å². The molecule has 0 fully saturated rings. The van der Waals surface area contributed by atoms with Gasteiger partial charge in [0.2, 0.25) is 0 Å². The Morgan fingerprint density at radius 2 is 1.94 bits per heavy atom. The van der Waals surface area contributed by atoms with Crippen LogP contribution in [-0.4, -0.2) is 17.3 Å². The topological polar surface area (TPSA) is 58.3 Å². The molecular weight excluding hydrogens is 238 g/mol. The molecule has 0 radical (unpaired) electrons. The molecule has 0 aliphatic rings. The van der Waals surface area contributed by atoms with Gasteiger partial charge in [0.1, 0.15) is 0 Å². The summed E-state index contributed by atoms with van der Waals surface area (Å²) in [6.07, 6.45) is -1.46. The highest BCUT2D eigenvalue weighted by Crippen LogP contribution is 2.29. The number of benzene rings is 1. The van der Waals surface area contributed by atoms with E-state index in [4.69, 9.17) is 5.73 Å². The third-order valence-electron chi connectivity index (χ3n) is 3.23. The molecular formula is C13H20F2N2O. The van der Waals surface area contributed by atoms with Gasteiger partial charge >= 0.3 is 0 Å². The zero-order valence-electron chi connectivity index (χ0n) is 10.7. The van der Waals surface area contributed by atoms with Crippen LogP contribution in [0.3, 0.4) is 0 Å². The summed E-state index contributed by atoms with van der Waals surface area (Å²) in [5, 5.41) is 13.0. The molecule has 0 unspecified atom stereocenters. The number of nitrogens with two attached hydrogens (primary N) is 1. The van der Waals surface area contributed by atoms with Crippen molar-refractivity contribution >= 4 is 11.4 Å². The predicted molar refractivity (Wildman–Crippen MR) is 69.8 cm³/mol. The summed E-state index contributed by atoms with van der Waals surface area (Å²) in [6, 6.07) is 4.33. The predicted octanol–water partition coefficient (Wildman–Crippen LogP) is 3.17. The molecule has 0 aromatic heterocycles. The van der Waals surface area contributed by atoms with Gasteiger partial charge in [0.25, 0.3) is 6.43 Å². The van der Waals surface area contributed by atoms with Gasteiger partial charge < -0.3 is 16.2 Å². The molecule has 0 saturated heterocycles. The lowest BCUT2D eigenvalue weighted by molar-refractivity contribution is 0.0456. The average molecular weight is 258 g/mol. The highest BCUT2D eigenvalue weighted by Gasteiger charge is 2.23. The van der Waals surface area contributed by atoms with Crippen LogP contribution in [0, 0.1) is 0 Å². The largest absolute Gasteiger partial charge is 0.399 e. The fourth-order valence-electron chi connectivity index (χ4n) is 1.68. The Hall–Kier alpha value is -1.36. The number of hydrogen-bond acceptors (Lipinski definition) is 3. The van der Waals surface area contributed by atoms with Crippen LogP contribution in [0.25, 0.3) is 0 Å². The van der Waals surface area contributed by atoms with Crippen molar-refractivity contribution in [1.82, 2.24) is 0 Å². The molecule has 1 aromatic rings. The molecule has 0 saturated carbocycles. The second-order valence-corrected chi connectivity index (χ2v) is 4.43. The van der Waals surface area contributed by atoms with Gasteiger partial charge in [-0.3, -0.25) is 0 Å². The smallest absolute Gasteiger partial charge is 0.265 e. The van der Waals surface area contributed by atoms with Crippen LogP contribution >= 0.6 is 0 Å². The lowest BCUT2D eigenvalue weighted by atomic mass is 9.97. The van der Waals surface area contributed by atoms with Gasteiger partial charge in [-0.2, -0.15) is 0 Å². The molecule has 102 valence electrons. The number of aliphatic hydroxyl groups is 1. The summed E-state index contributed by atoms with van der Waals surface area (Å²) in [5.41, 5.74) is 5.10. The van der Waals surface area contributed by atoms with Crippen molar-refractivity contribution in [2.24, 2.45) is 0 Å². The third-order valence-corrected chi connectivity index (χ3v) is 3.23. The summed E-state index contributed by atoms with van der Waals surface area (Å²) < 4.78 is 25.7. The van der Waals surface area contributed by atoms with Crippen molar-refractivity contribution in [3.05, 3.63) is 23.8 Å². The van der Waals surface area contributed by atoms with E-state index in [0.717, 1.165) is 0 Å². The summed E-state index contributed by atoms with van der Waals surface area (Å²) in [5.74, 6) is 0. The molecule has 0 spiro atoms. The first-order valence-corrected chi connectivity index (χ1v) is 6.05. The van der Waals surface area contributed by atoms with Crippen LogP contribution in [0.2, 0.25) is 0 Å². The molecule has 0 bridgehead atoms. The van der Waals surface area contributed by atoms with Gasteiger partial charge in [-0.25, -0.2) is 8.78 Å². The third kappa shape index (κ3) is 3.57. The van der Waals surface area contributed by atoms with Gasteiger partial charge in [0.15, 0.2) is 0 Å². The molecule has 0 aliphatic heterocycles. The number of rotatable bonds is 6. The summed E-state index contributed by atoms with van der Waals surface area (Å²) in [7, 11) is 0. The lowest BCUT2D eigenvalue weighted by Gasteiger charge is -2.26. The van der Waals surface area contributed by atoms with Crippen LogP contribution in [0.15, 0.2) is 18.2 Å². The molecule has 0 amide bonds. The maximum atomic E-state index is 12.8. The Kier molecular flexibility index (Phi) is 4.90. The lowest BCUT2D eigenvalue weighted by Crippen LogP contribution is -2.35. The van der Waals surface area contributed by atoms with Crippen molar-refractivity contribution in [2.45, 2.75) is 38.7 Å². The first-order chi connectivity index (χ1) is 8.41. The van der Waals surface area contributed by atoms with Gasteiger partial charge in [-0.05, 0) is 31.0 Å². The standard InChI is InChI=1S/C13H20F2N2O/c1-3-13(18,4-2)8-17-11-6-5-9(16)7-10(11)12(14)15/h5-7,12,17-18H,3-4,8,16H2,1-2H3. The van der Waals surface area contributed by atoms with Crippen LogP contribution in [-0.2, 0) is 0 Å². The van der Waals surface area contributed by atoms with Crippen molar-refractivity contribution in [3.63, 3.8) is 0 Å². The molecule has 5 heteroatoms. The minimum Gasteiger partial charge on any atom is -0.399 e. The maximum Gasteiger partial charge on any atom is 0.265 e. The van der Waals surface area contributed by atoms with E-state index in [0.29, 0.717) is 24.2 Å². The Morgan fingerprint density at radius 3 is 2.44 bits per heavy atom. The molecule has 18 heavy (non-hydrogen) atoms. The Morgan fingerprint density at radius 1 is 1.33 bits per heavy atom. The normalized spacial score (nSPS) is 11.9. The first kappa shape index (κ1) is 14.7. The van der Waals surface area contributed by atoms with Crippen molar-refractivity contribution < 1.29 is 13.9 Å². The average Bonchev–Trinajstić information content (AvgIpc) is 2.36. The number of nitrogen functional groups attached to an aromatic ring is 1. The molecule has 0 atom stereocenters. The highest BCUT2D eigenvalue weighted by atomic mass is 19.3. The number of anilines is 2. The van der Waals surface area contributed by atoms with Gasteiger partial charge in [-0.15, -0.1) is 0 Å². The van der Waals surface area contributed by atoms with Crippen molar-refractivity contribution in [1.29, 1.82) is 0 Å². The SMILES string of the molecule is CCC(O)(CC)CNc1ccc(N)cc1C(F)F. The molecule has 1 rings (SSSR count). The van der Waals surface area contributed by atoms with E-state index < -0.39 is 12.0 Å². The fourth-order valence-corrected chi connectivity index (χ4v) is 1.68. The van der Waals surface area contributed by atoms with Gasteiger partial charge in [0, 0.05) is 23.5 Å². The molecule has 3 nitrogen and oxygen atoms in total. The highest BCUT2D eigenvalue weighted by molar-refractivity contribution is 5.58. The fraction of sp³-hybridized carbons (Fsp3) is 0.538. The van der Waals surface area contributed by atoms with Gasteiger partial charge in [-0.1, -0.05) is 13.8 Å². The zero-order valence-corrected chi connectivity index (χ0v) is 10.7. The van der Waals surface area contributed by atoms with Crippen molar-refractivity contribution in [3.8, 4) is 0 Å². The number of hydrogen-bond donors (Lipinski definition) is 3. The first-order valence-electron chi connectivity index (χ1n) is 6.05. The number of alkyl halides is 2. The van der Waals surface area contributed by atoms with Crippen molar-refractivity contribution in [2.75, 3.05) is 17.6 Å². The summed E-state index contributed by atoms with van der Waals surface area (Å²) in [6.45, 7) is 3.97. The summed E-state index contributed by atoms with van der Waals surface area (Å²) in [4.78, 5) is 0.